The van der Waals surface area contributed by atoms with Crippen LogP contribution in [0.5, 0.6) is 5.75 Å². The van der Waals surface area contributed by atoms with E-state index in [1.54, 1.807) is 12.0 Å². The molecule has 6 heteroatoms. The molecular formula is C12H16N4O2. The van der Waals surface area contributed by atoms with Gasteiger partial charge in [0.1, 0.15) is 5.75 Å². The van der Waals surface area contributed by atoms with E-state index in [0.29, 0.717) is 18.5 Å². The van der Waals surface area contributed by atoms with Crippen LogP contribution in [0.4, 0.5) is 11.7 Å². The molecule has 0 saturated carbocycles. The first-order valence-corrected chi connectivity index (χ1v) is 5.60. The number of rotatable bonds is 5. The molecule has 2 rings (SSSR count). The predicted molar refractivity (Wildman–Crippen MR) is 68.1 cm³/mol. The van der Waals surface area contributed by atoms with Gasteiger partial charge in [-0.25, -0.2) is 0 Å². The van der Waals surface area contributed by atoms with E-state index in [1.165, 1.54) is 0 Å². The Morgan fingerprint density at radius 3 is 2.83 bits per heavy atom. The third-order valence-electron chi connectivity index (χ3n) is 2.52. The topological polar surface area (TPSA) is 63.4 Å². The molecule has 2 aromatic rings. The Morgan fingerprint density at radius 1 is 1.33 bits per heavy atom. The predicted octanol–water partition coefficient (Wildman–Crippen LogP) is 1.57. The van der Waals surface area contributed by atoms with Gasteiger partial charge in [-0.15, -0.1) is 5.10 Å². The van der Waals surface area contributed by atoms with Crippen LogP contribution < -0.4 is 15.0 Å². The van der Waals surface area contributed by atoms with E-state index < -0.39 is 0 Å². The van der Waals surface area contributed by atoms with Gasteiger partial charge >= 0.3 is 6.01 Å². The molecule has 0 saturated heterocycles. The van der Waals surface area contributed by atoms with Crippen LogP contribution in [-0.4, -0.2) is 31.4 Å². The molecule has 0 aliphatic carbocycles. The average Bonchev–Trinajstić information content (AvgIpc) is 2.87. The maximum atomic E-state index is 5.53. The number of para-hydroxylation sites is 2. The second-order valence-corrected chi connectivity index (χ2v) is 3.74. The van der Waals surface area contributed by atoms with Gasteiger partial charge in [0.2, 0.25) is 5.89 Å². The lowest BCUT2D eigenvalue weighted by molar-refractivity contribution is 0.414. The van der Waals surface area contributed by atoms with Crippen molar-refractivity contribution < 1.29 is 9.15 Å². The Morgan fingerprint density at radius 2 is 2.11 bits per heavy atom. The number of aromatic nitrogens is 2. The molecule has 0 radical (unpaired) electrons. The molecule has 0 fully saturated rings. The molecule has 1 aromatic carbocycles. The number of benzene rings is 1. The SMILES string of the molecule is CNCc1nnc(N(C)c2ccccc2OC)o1. The monoisotopic (exact) mass is 248 g/mol. The fourth-order valence-corrected chi connectivity index (χ4v) is 1.61. The number of methoxy groups -OCH3 is 1. The minimum Gasteiger partial charge on any atom is -0.495 e. The minimum absolute atomic E-state index is 0.435. The highest BCUT2D eigenvalue weighted by atomic mass is 16.5. The molecule has 1 heterocycles. The van der Waals surface area contributed by atoms with E-state index in [-0.39, 0.29) is 0 Å². The summed E-state index contributed by atoms with van der Waals surface area (Å²) in [5, 5.41) is 10.9. The molecule has 0 aliphatic rings. The third-order valence-corrected chi connectivity index (χ3v) is 2.52. The Kier molecular flexibility index (Phi) is 3.78. The molecule has 6 nitrogen and oxygen atoms in total. The zero-order valence-corrected chi connectivity index (χ0v) is 10.7. The number of hydrogen-bond acceptors (Lipinski definition) is 6. The summed E-state index contributed by atoms with van der Waals surface area (Å²) in [6, 6.07) is 8.09. The van der Waals surface area contributed by atoms with Gasteiger partial charge < -0.3 is 14.5 Å². The molecule has 0 atom stereocenters. The summed E-state index contributed by atoms with van der Waals surface area (Å²) >= 11 is 0. The summed E-state index contributed by atoms with van der Waals surface area (Å²) in [5.74, 6) is 1.31. The van der Waals surface area contributed by atoms with Crippen LogP contribution in [0.25, 0.3) is 0 Å². The van der Waals surface area contributed by atoms with Gasteiger partial charge in [0.25, 0.3) is 0 Å². The highest BCUT2D eigenvalue weighted by Crippen LogP contribution is 2.31. The van der Waals surface area contributed by atoms with E-state index in [9.17, 15) is 0 Å². The van der Waals surface area contributed by atoms with Crippen molar-refractivity contribution in [3.63, 3.8) is 0 Å². The number of anilines is 2. The van der Waals surface area contributed by atoms with E-state index in [0.717, 1.165) is 11.4 Å². The summed E-state index contributed by atoms with van der Waals surface area (Å²) in [7, 11) is 5.31. The van der Waals surface area contributed by atoms with Gasteiger partial charge in [0, 0.05) is 7.05 Å². The van der Waals surface area contributed by atoms with Crippen LogP contribution in [0, 0.1) is 0 Å². The van der Waals surface area contributed by atoms with E-state index >= 15 is 0 Å². The lowest BCUT2D eigenvalue weighted by Crippen LogP contribution is -2.11. The van der Waals surface area contributed by atoms with Crippen LogP contribution >= 0.6 is 0 Å². The molecule has 1 N–H and O–H groups in total. The largest absolute Gasteiger partial charge is 0.495 e. The Labute approximate surface area is 106 Å². The molecule has 0 bridgehead atoms. The summed E-state index contributed by atoms with van der Waals surface area (Å²) in [5.41, 5.74) is 0.875. The normalized spacial score (nSPS) is 10.4. The van der Waals surface area contributed by atoms with Crippen molar-refractivity contribution in [1.82, 2.24) is 15.5 Å². The Bertz CT molecular complexity index is 512. The van der Waals surface area contributed by atoms with Crippen LogP contribution in [0.15, 0.2) is 28.7 Å². The smallest absolute Gasteiger partial charge is 0.322 e. The second-order valence-electron chi connectivity index (χ2n) is 3.74. The van der Waals surface area contributed by atoms with Crippen molar-refractivity contribution in [2.75, 3.05) is 26.1 Å². The summed E-state index contributed by atoms with van der Waals surface area (Å²) in [4.78, 5) is 1.80. The van der Waals surface area contributed by atoms with Crippen molar-refractivity contribution in [3.05, 3.63) is 30.2 Å². The zero-order valence-electron chi connectivity index (χ0n) is 10.7. The van der Waals surface area contributed by atoms with Crippen LogP contribution in [0.3, 0.4) is 0 Å². The maximum Gasteiger partial charge on any atom is 0.322 e. The van der Waals surface area contributed by atoms with E-state index in [2.05, 4.69) is 15.5 Å². The standard InChI is InChI=1S/C12H16N4O2/c1-13-8-11-14-15-12(18-11)16(2)9-6-4-5-7-10(9)17-3/h4-7,13H,8H2,1-3H3. The van der Waals surface area contributed by atoms with E-state index in [4.69, 9.17) is 9.15 Å². The van der Waals surface area contributed by atoms with Crippen molar-refractivity contribution >= 4 is 11.7 Å². The number of hydrogen-bond donors (Lipinski definition) is 1. The van der Waals surface area contributed by atoms with Gasteiger partial charge in [-0.2, -0.15) is 0 Å². The van der Waals surface area contributed by atoms with Crippen LogP contribution in [-0.2, 0) is 6.54 Å². The highest BCUT2D eigenvalue weighted by Gasteiger charge is 2.15. The van der Waals surface area contributed by atoms with Crippen molar-refractivity contribution in [3.8, 4) is 5.75 Å². The van der Waals surface area contributed by atoms with Crippen LogP contribution in [0.2, 0.25) is 0 Å². The highest BCUT2D eigenvalue weighted by molar-refractivity contribution is 5.63. The second kappa shape index (κ2) is 5.50. The summed E-state index contributed by atoms with van der Waals surface area (Å²) in [6.07, 6.45) is 0. The van der Waals surface area contributed by atoms with E-state index in [1.807, 2.05) is 38.4 Å². The molecule has 0 amide bonds. The molecule has 0 aliphatic heterocycles. The van der Waals surface area contributed by atoms with Gasteiger partial charge in [-0.1, -0.05) is 17.2 Å². The summed E-state index contributed by atoms with van der Waals surface area (Å²) < 4.78 is 10.8. The van der Waals surface area contributed by atoms with Gasteiger partial charge in [-0.05, 0) is 19.2 Å². The first kappa shape index (κ1) is 12.4. The van der Waals surface area contributed by atoms with Crippen LogP contribution in [0.1, 0.15) is 5.89 Å². The van der Waals surface area contributed by atoms with Crippen molar-refractivity contribution in [2.45, 2.75) is 6.54 Å². The number of nitrogens with zero attached hydrogens (tertiary/aromatic N) is 3. The quantitative estimate of drug-likeness (QED) is 0.866. The Balaban J connectivity index is 2.26. The summed E-state index contributed by atoms with van der Waals surface area (Å²) in [6.45, 7) is 0.548. The number of ether oxygens (including phenoxy) is 1. The average molecular weight is 248 g/mol. The Hall–Kier alpha value is -2.08. The lowest BCUT2D eigenvalue weighted by Gasteiger charge is -2.16. The minimum atomic E-state index is 0.435. The molecule has 0 unspecified atom stereocenters. The maximum absolute atomic E-state index is 5.53. The fraction of sp³-hybridized carbons (Fsp3) is 0.333. The first-order chi connectivity index (χ1) is 8.76. The number of nitrogens with one attached hydrogen (secondary N) is 1. The molecular weight excluding hydrogens is 232 g/mol. The lowest BCUT2D eigenvalue weighted by atomic mass is 10.3. The molecule has 96 valence electrons. The molecule has 1 aromatic heterocycles. The third kappa shape index (κ3) is 2.43. The van der Waals surface area contributed by atoms with Crippen molar-refractivity contribution in [1.29, 1.82) is 0 Å². The molecule has 0 spiro atoms. The van der Waals surface area contributed by atoms with Crippen molar-refractivity contribution in [2.24, 2.45) is 0 Å². The zero-order chi connectivity index (χ0) is 13.0. The molecule has 18 heavy (non-hydrogen) atoms. The van der Waals surface area contributed by atoms with Gasteiger partial charge in [0.05, 0.1) is 19.3 Å². The van der Waals surface area contributed by atoms with Gasteiger partial charge in [-0.3, -0.25) is 4.90 Å². The fourth-order valence-electron chi connectivity index (χ4n) is 1.61. The first-order valence-electron chi connectivity index (χ1n) is 5.60. The van der Waals surface area contributed by atoms with Gasteiger partial charge in [0.15, 0.2) is 0 Å².